The molecule has 5 N–H and O–H groups in total. The Balaban J connectivity index is 2.30. The number of aromatic nitrogens is 3. The monoisotopic (exact) mass is 255 g/mol. The molecule has 1 aromatic rings. The Labute approximate surface area is 104 Å². The van der Waals surface area contributed by atoms with Gasteiger partial charge in [-0.25, -0.2) is 5.84 Å². The lowest BCUT2D eigenvalue weighted by Gasteiger charge is -2.18. The third-order valence-corrected chi connectivity index (χ3v) is 2.68. The van der Waals surface area contributed by atoms with E-state index in [1.165, 1.54) is 0 Å². The number of aliphatic hydroxyl groups excluding tert-OH is 2. The average Bonchev–Trinajstić information content (AvgIpc) is 2.69. The fourth-order valence-electron chi connectivity index (χ4n) is 1.69. The van der Waals surface area contributed by atoms with Crippen molar-refractivity contribution in [2.45, 2.75) is 12.2 Å². The number of hydrogen-bond donors (Lipinski definition) is 4. The molecule has 2 heterocycles. The molecule has 1 aliphatic rings. The summed E-state index contributed by atoms with van der Waals surface area (Å²) in [5.41, 5.74) is 2.37. The smallest absolute Gasteiger partial charge is 0.243 e. The van der Waals surface area contributed by atoms with Crippen LogP contribution in [-0.2, 0) is 0 Å². The lowest BCUT2D eigenvalue weighted by atomic mass is 10.3. The fourth-order valence-corrected chi connectivity index (χ4v) is 1.69. The van der Waals surface area contributed by atoms with Gasteiger partial charge in [0, 0.05) is 27.2 Å². The van der Waals surface area contributed by atoms with Crippen molar-refractivity contribution in [3.8, 4) is 0 Å². The summed E-state index contributed by atoms with van der Waals surface area (Å²) >= 11 is 0. The zero-order valence-electron chi connectivity index (χ0n) is 10.3. The highest BCUT2D eigenvalue weighted by molar-refractivity contribution is 5.45. The zero-order valence-corrected chi connectivity index (χ0v) is 10.3. The van der Waals surface area contributed by atoms with E-state index < -0.39 is 12.2 Å². The predicted octanol–water partition coefficient (Wildman–Crippen LogP) is -2.23. The number of nitrogens with zero attached hydrogens (tertiary/aromatic N) is 5. The topological polar surface area (TPSA) is 124 Å². The number of β-amino-alcohol motifs (C(OH)–C–C–N with tert-alkyl or cyclic N) is 2. The molecule has 100 valence electrons. The third kappa shape index (κ3) is 2.42. The minimum absolute atomic E-state index is 0.236. The summed E-state index contributed by atoms with van der Waals surface area (Å²) in [5.74, 6) is 6.36. The Kier molecular flexibility index (Phi) is 3.45. The van der Waals surface area contributed by atoms with Gasteiger partial charge in [-0.05, 0) is 0 Å². The number of rotatable bonds is 3. The van der Waals surface area contributed by atoms with Crippen LogP contribution in [0.15, 0.2) is 0 Å². The first kappa shape index (κ1) is 12.7. The molecule has 2 unspecified atom stereocenters. The summed E-state index contributed by atoms with van der Waals surface area (Å²) in [4.78, 5) is 15.8. The highest BCUT2D eigenvalue weighted by Crippen LogP contribution is 2.19. The van der Waals surface area contributed by atoms with Crippen LogP contribution in [0.1, 0.15) is 0 Å². The quantitative estimate of drug-likeness (QED) is 0.350. The van der Waals surface area contributed by atoms with Crippen LogP contribution in [0, 0.1) is 0 Å². The van der Waals surface area contributed by atoms with Crippen LogP contribution in [0.5, 0.6) is 0 Å². The molecule has 2 rings (SSSR count). The molecule has 1 aromatic heterocycles. The molecule has 9 nitrogen and oxygen atoms in total. The van der Waals surface area contributed by atoms with Crippen LogP contribution in [0.4, 0.5) is 17.8 Å². The number of aliphatic hydroxyl groups is 2. The highest BCUT2D eigenvalue weighted by Gasteiger charge is 2.31. The van der Waals surface area contributed by atoms with Gasteiger partial charge in [-0.2, -0.15) is 15.0 Å². The molecule has 0 amide bonds. The van der Waals surface area contributed by atoms with E-state index in [1.807, 2.05) is 0 Å². The summed E-state index contributed by atoms with van der Waals surface area (Å²) in [7, 11) is 3.60. The summed E-state index contributed by atoms with van der Waals surface area (Å²) in [6, 6.07) is 0. The molecule has 0 radical (unpaired) electrons. The maximum Gasteiger partial charge on any atom is 0.243 e. The van der Waals surface area contributed by atoms with Gasteiger partial charge in [0.1, 0.15) is 0 Å². The summed E-state index contributed by atoms with van der Waals surface area (Å²) in [6.07, 6.45) is -1.59. The van der Waals surface area contributed by atoms with E-state index in [0.29, 0.717) is 11.9 Å². The van der Waals surface area contributed by atoms with Crippen LogP contribution in [0.25, 0.3) is 0 Å². The summed E-state index contributed by atoms with van der Waals surface area (Å²) < 4.78 is 0. The van der Waals surface area contributed by atoms with Gasteiger partial charge in [0.25, 0.3) is 0 Å². The molecule has 1 fully saturated rings. The molecule has 0 aromatic carbocycles. The van der Waals surface area contributed by atoms with Gasteiger partial charge in [-0.15, -0.1) is 0 Å². The molecule has 1 saturated heterocycles. The molecular formula is C9H17N7O2. The minimum atomic E-state index is -0.793. The Morgan fingerprint density at radius 3 is 2.33 bits per heavy atom. The molecular weight excluding hydrogens is 238 g/mol. The fraction of sp³-hybridized carbons (Fsp3) is 0.667. The van der Waals surface area contributed by atoms with Crippen LogP contribution in [-0.4, -0.2) is 64.6 Å². The first-order valence-corrected chi connectivity index (χ1v) is 5.52. The maximum atomic E-state index is 9.52. The van der Waals surface area contributed by atoms with Gasteiger partial charge in [0.2, 0.25) is 17.8 Å². The first-order valence-electron chi connectivity index (χ1n) is 5.52. The van der Waals surface area contributed by atoms with Gasteiger partial charge in [0.15, 0.2) is 0 Å². The SMILES string of the molecule is CN(C)c1nc(NN)nc(N2CC(O)C(O)C2)n1. The largest absolute Gasteiger partial charge is 0.388 e. The van der Waals surface area contributed by atoms with Gasteiger partial charge in [0.05, 0.1) is 12.2 Å². The van der Waals surface area contributed by atoms with Crippen molar-refractivity contribution in [3.63, 3.8) is 0 Å². The second-order valence-electron chi connectivity index (χ2n) is 4.34. The Morgan fingerprint density at radius 2 is 1.83 bits per heavy atom. The van der Waals surface area contributed by atoms with Crippen molar-refractivity contribution >= 4 is 17.8 Å². The number of hydrazine groups is 1. The molecule has 0 saturated carbocycles. The lowest BCUT2D eigenvalue weighted by molar-refractivity contribution is 0.0572. The molecule has 2 atom stereocenters. The van der Waals surface area contributed by atoms with Gasteiger partial charge >= 0.3 is 0 Å². The van der Waals surface area contributed by atoms with Gasteiger partial charge in [-0.3, -0.25) is 5.43 Å². The van der Waals surface area contributed by atoms with Crippen molar-refractivity contribution < 1.29 is 10.2 Å². The molecule has 0 spiro atoms. The Hall–Kier alpha value is -1.71. The third-order valence-electron chi connectivity index (χ3n) is 2.68. The first-order chi connectivity index (χ1) is 8.51. The molecule has 1 aliphatic heterocycles. The molecule has 18 heavy (non-hydrogen) atoms. The van der Waals surface area contributed by atoms with E-state index >= 15 is 0 Å². The van der Waals surface area contributed by atoms with Crippen molar-refractivity contribution in [1.29, 1.82) is 0 Å². The second-order valence-corrected chi connectivity index (χ2v) is 4.34. The number of anilines is 3. The van der Waals surface area contributed by atoms with Crippen molar-refractivity contribution in [2.75, 3.05) is 42.4 Å². The standard InChI is InChI=1S/C9H17N7O2/c1-15(2)8-11-7(14-10)12-9(13-8)16-3-5(17)6(18)4-16/h5-6,17-18H,3-4,10H2,1-2H3,(H,11,12,13,14). The van der Waals surface area contributed by atoms with Gasteiger partial charge < -0.3 is 20.0 Å². The Bertz CT molecular complexity index is 417. The zero-order chi connectivity index (χ0) is 13.3. The van der Waals surface area contributed by atoms with Crippen molar-refractivity contribution in [1.82, 2.24) is 15.0 Å². The van der Waals surface area contributed by atoms with E-state index in [2.05, 4.69) is 20.4 Å². The van der Waals surface area contributed by atoms with Crippen molar-refractivity contribution in [2.24, 2.45) is 5.84 Å². The number of hydrogen-bond acceptors (Lipinski definition) is 9. The Morgan fingerprint density at radius 1 is 1.22 bits per heavy atom. The molecule has 0 bridgehead atoms. The van der Waals surface area contributed by atoms with E-state index in [0.717, 1.165) is 0 Å². The number of nitrogens with one attached hydrogen (secondary N) is 1. The van der Waals surface area contributed by atoms with Crippen LogP contribution < -0.4 is 21.1 Å². The predicted molar refractivity (Wildman–Crippen MR) is 66.2 cm³/mol. The molecule has 0 aliphatic carbocycles. The highest BCUT2D eigenvalue weighted by atomic mass is 16.3. The number of nitrogen functional groups attached to an aromatic ring is 1. The summed E-state index contributed by atoms with van der Waals surface area (Å²) in [6.45, 7) is 0.560. The van der Waals surface area contributed by atoms with E-state index in [4.69, 9.17) is 5.84 Å². The lowest BCUT2D eigenvalue weighted by Crippen LogP contribution is -2.26. The normalized spacial score (nSPS) is 23.3. The van der Waals surface area contributed by atoms with Crippen LogP contribution >= 0.6 is 0 Å². The van der Waals surface area contributed by atoms with E-state index in [9.17, 15) is 10.2 Å². The van der Waals surface area contributed by atoms with Crippen LogP contribution in [0.3, 0.4) is 0 Å². The summed E-state index contributed by atoms with van der Waals surface area (Å²) in [5, 5.41) is 19.0. The minimum Gasteiger partial charge on any atom is -0.388 e. The van der Waals surface area contributed by atoms with Crippen molar-refractivity contribution in [3.05, 3.63) is 0 Å². The second kappa shape index (κ2) is 4.88. The molecule has 9 heteroatoms. The van der Waals surface area contributed by atoms with E-state index in [-0.39, 0.29) is 19.0 Å². The average molecular weight is 255 g/mol. The number of nitrogens with two attached hydrogens (primary N) is 1. The van der Waals surface area contributed by atoms with E-state index in [1.54, 1.807) is 23.9 Å². The maximum absolute atomic E-state index is 9.52. The van der Waals surface area contributed by atoms with Crippen LogP contribution in [0.2, 0.25) is 0 Å². The van der Waals surface area contributed by atoms with Gasteiger partial charge in [-0.1, -0.05) is 0 Å².